The van der Waals surface area contributed by atoms with E-state index in [1.165, 1.54) is 6.42 Å². The average molecular weight is 238 g/mol. The molecule has 0 bridgehead atoms. The zero-order valence-corrected chi connectivity index (χ0v) is 10.2. The van der Waals surface area contributed by atoms with Crippen LogP contribution in [-0.4, -0.2) is 20.7 Å². The van der Waals surface area contributed by atoms with Crippen molar-refractivity contribution >= 4 is 10.8 Å². The predicted octanol–water partition coefficient (Wildman–Crippen LogP) is 2.49. The predicted molar refractivity (Wildman–Crippen MR) is 65.8 cm³/mol. The Balaban J connectivity index is 2.01. The largest absolute Gasteiger partial charge is 0.389 e. The fourth-order valence-corrected chi connectivity index (χ4v) is 3.66. The first-order valence-corrected chi connectivity index (χ1v) is 7.17. The molecule has 0 heterocycles. The van der Waals surface area contributed by atoms with E-state index in [1.807, 2.05) is 30.3 Å². The third kappa shape index (κ3) is 2.92. The van der Waals surface area contributed by atoms with Crippen LogP contribution in [-0.2, 0) is 10.8 Å². The molecule has 0 saturated heterocycles. The minimum absolute atomic E-state index is 0.386. The Hall–Kier alpha value is -0.670. The molecule has 1 aromatic rings. The molecular weight excluding hydrogens is 220 g/mol. The van der Waals surface area contributed by atoms with E-state index < -0.39 is 16.4 Å². The van der Waals surface area contributed by atoms with Crippen LogP contribution in [0.25, 0.3) is 0 Å². The van der Waals surface area contributed by atoms with Crippen molar-refractivity contribution in [2.24, 2.45) is 0 Å². The Morgan fingerprint density at radius 3 is 2.38 bits per heavy atom. The second kappa shape index (κ2) is 5.11. The Labute approximate surface area is 99.1 Å². The van der Waals surface area contributed by atoms with Gasteiger partial charge < -0.3 is 5.11 Å². The minimum atomic E-state index is -1.07. The molecule has 3 heteroatoms. The van der Waals surface area contributed by atoms with Crippen molar-refractivity contribution in [1.82, 2.24) is 0 Å². The fourth-order valence-electron chi connectivity index (χ4n) is 2.25. The molecule has 0 aliphatic heterocycles. The summed E-state index contributed by atoms with van der Waals surface area (Å²) in [6, 6.07) is 9.41. The molecule has 0 radical (unpaired) electrons. The van der Waals surface area contributed by atoms with Crippen molar-refractivity contribution in [2.75, 3.05) is 5.75 Å². The summed E-state index contributed by atoms with van der Waals surface area (Å²) >= 11 is 0. The second-order valence-corrected chi connectivity index (χ2v) is 6.04. The molecule has 1 aliphatic carbocycles. The van der Waals surface area contributed by atoms with Gasteiger partial charge in [0, 0.05) is 4.90 Å². The van der Waals surface area contributed by atoms with Gasteiger partial charge in [-0.2, -0.15) is 0 Å². The summed E-state index contributed by atoms with van der Waals surface area (Å²) in [5, 5.41) is 10.3. The average Bonchev–Trinajstić information content (AvgIpc) is 2.30. The normalized spacial score (nSPS) is 21.6. The molecule has 1 aliphatic rings. The SMILES string of the molecule is O=S(CC1(O)CCCCC1)c1ccccc1. The summed E-state index contributed by atoms with van der Waals surface area (Å²) < 4.78 is 12.1. The summed E-state index contributed by atoms with van der Waals surface area (Å²) in [5.74, 6) is 0.386. The Morgan fingerprint density at radius 2 is 1.75 bits per heavy atom. The first-order chi connectivity index (χ1) is 7.70. The van der Waals surface area contributed by atoms with E-state index in [1.54, 1.807) is 0 Å². The van der Waals surface area contributed by atoms with Gasteiger partial charge >= 0.3 is 0 Å². The zero-order chi connectivity index (χ0) is 11.4. The van der Waals surface area contributed by atoms with Gasteiger partial charge in [0.2, 0.25) is 0 Å². The Bertz CT molecular complexity index is 355. The molecule has 1 unspecified atom stereocenters. The lowest BCUT2D eigenvalue weighted by molar-refractivity contribution is 0.0265. The molecule has 0 spiro atoms. The lowest BCUT2D eigenvalue weighted by Gasteiger charge is -2.31. The summed E-state index contributed by atoms with van der Waals surface area (Å²) in [4.78, 5) is 0.821. The maximum absolute atomic E-state index is 12.1. The first-order valence-electron chi connectivity index (χ1n) is 5.85. The van der Waals surface area contributed by atoms with E-state index >= 15 is 0 Å². The summed E-state index contributed by atoms with van der Waals surface area (Å²) in [7, 11) is -1.07. The Morgan fingerprint density at radius 1 is 1.12 bits per heavy atom. The van der Waals surface area contributed by atoms with Gasteiger partial charge in [-0.05, 0) is 25.0 Å². The van der Waals surface area contributed by atoms with Crippen LogP contribution in [0.1, 0.15) is 32.1 Å². The highest BCUT2D eigenvalue weighted by Gasteiger charge is 2.31. The standard InChI is InChI=1S/C13H18O2S/c14-13(9-5-2-6-10-13)11-16(15)12-7-3-1-4-8-12/h1,3-4,7-8,14H,2,5-6,9-11H2. The smallest absolute Gasteiger partial charge is 0.0766 e. The number of hydrogen-bond donors (Lipinski definition) is 1. The van der Waals surface area contributed by atoms with Crippen LogP contribution in [0.2, 0.25) is 0 Å². The van der Waals surface area contributed by atoms with Crippen molar-refractivity contribution < 1.29 is 9.32 Å². The molecule has 2 rings (SSSR count). The highest BCUT2D eigenvalue weighted by molar-refractivity contribution is 7.85. The summed E-state index contributed by atoms with van der Waals surface area (Å²) in [6.45, 7) is 0. The van der Waals surface area contributed by atoms with Gasteiger partial charge in [0.05, 0.1) is 22.2 Å². The third-order valence-electron chi connectivity index (χ3n) is 3.19. The van der Waals surface area contributed by atoms with Gasteiger partial charge in [-0.3, -0.25) is 4.21 Å². The summed E-state index contributed by atoms with van der Waals surface area (Å²) in [6.07, 6.45) is 4.91. The maximum atomic E-state index is 12.1. The van der Waals surface area contributed by atoms with E-state index in [0.29, 0.717) is 5.75 Å². The number of benzene rings is 1. The third-order valence-corrected chi connectivity index (χ3v) is 4.79. The van der Waals surface area contributed by atoms with Crippen molar-refractivity contribution in [3.63, 3.8) is 0 Å². The molecule has 16 heavy (non-hydrogen) atoms. The maximum Gasteiger partial charge on any atom is 0.0766 e. The highest BCUT2D eigenvalue weighted by Crippen LogP contribution is 2.29. The lowest BCUT2D eigenvalue weighted by Crippen LogP contribution is -2.37. The molecule has 1 fully saturated rings. The van der Waals surface area contributed by atoms with Crippen LogP contribution in [0.15, 0.2) is 35.2 Å². The first kappa shape index (κ1) is 11.8. The van der Waals surface area contributed by atoms with Crippen LogP contribution < -0.4 is 0 Å². The van der Waals surface area contributed by atoms with E-state index in [0.717, 1.165) is 30.6 Å². The van der Waals surface area contributed by atoms with Crippen LogP contribution in [0.3, 0.4) is 0 Å². The molecule has 0 aromatic heterocycles. The van der Waals surface area contributed by atoms with Gasteiger partial charge in [0.15, 0.2) is 0 Å². The number of rotatable bonds is 3. The van der Waals surface area contributed by atoms with Crippen molar-refractivity contribution in [3.8, 4) is 0 Å². The summed E-state index contributed by atoms with van der Waals surface area (Å²) in [5.41, 5.74) is -0.695. The van der Waals surface area contributed by atoms with Crippen molar-refractivity contribution in [1.29, 1.82) is 0 Å². The van der Waals surface area contributed by atoms with E-state index in [4.69, 9.17) is 0 Å². The van der Waals surface area contributed by atoms with Gasteiger partial charge in [0.25, 0.3) is 0 Å². The monoisotopic (exact) mass is 238 g/mol. The highest BCUT2D eigenvalue weighted by atomic mass is 32.2. The lowest BCUT2D eigenvalue weighted by atomic mass is 9.86. The fraction of sp³-hybridized carbons (Fsp3) is 0.538. The molecule has 88 valence electrons. The number of aliphatic hydroxyl groups is 1. The van der Waals surface area contributed by atoms with Crippen LogP contribution in [0.5, 0.6) is 0 Å². The van der Waals surface area contributed by atoms with Crippen molar-refractivity contribution in [3.05, 3.63) is 30.3 Å². The molecule has 1 N–H and O–H groups in total. The second-order valence-electron chi connectivity index (χ2n) is 4.59. The van der Waals surface area contributed by atoms with Crippen molar-refractivity contribution in [2.45, 2.75) is 42.6 Å². The molecule has 1 saturated carbocycles. The van der Waals surface area contributed by atoms with Crippen LogP contribution in [0, 0.1) is 0 Å². The zero-order valence-electron chi connectivity index (χ0n) is 9.39. The molecule has 0 amide bonds. The molecule has 2 nitrogen and oxygen atoms in total. The minimum Gasteiger partial charge on any atom is -0.389 e. The van der Waals surface area contributed by atoms with Gasteiger partial charge in [0.1, 0.15) is 0 Å². The quantitative estimate of drug-likeness (QED) is 0.878. The van der Waals surface area contributed by atoms with Gasteiger partial charge in [-0.25, -0.2) is 0 Å². The van der Waals surface area contributed by atoms with E-state index in [2.05, 4.69) is 0 Å². The van der Waals surface area contributed by atoms with Gasteiger partial charge in [-0.15, -0.1) is 0 Å². The molecule has 1 aromatic carbocycles. The van der Waals surface area contributed by atoms with E-state index in [9.17, 15) is 9.32 Å². The molecule has 1 atom stereocenters. The number of hydrogen-bond acceptors (Lipinski definition) is 2. The van der Waals surface area contributed by atoms with E-state index in [-0.39, 0.29) is 0 Å². The topological polar surface area (TPSA) is 37.3 Å². The Kier molecular flexibility index (Phi) is 3.77. The van der Waals surface area contributed by atoms with Crippen LogP contribution >= 0.6 is 0 Å². The van der Waals surface area contributed by atoms with Crippen LogP contribution in [0.4, 0.5) is 0 Å². The van der Waals surface area contributed by atoms with Gasteiger partial charge in [-0.1, -0.05) is 37.5 Å². The molecular formula is C13H18O2S.